The van der Waals surface area contributed by atoms with E-state index in [0.717, 1.165) is 11.1 Å². The maximum atomic E-state index is 12.7. The number of fused-ring (bicyclic) bond motifs is 1. The molecule has 1 aromatic carbocycles. The highest BCUT2D eigenvalue weighted by molar-refractivity contribution is 6.30. The maximum Gasteiger partial charge on any atom is 0.274 e. The number of halogens is 1. The molecule has 4 rings (SSSR count). The van der Waals surface area contributed by atoms with Crippen LogP contribution in [-0.2, 0) is 0 Å². The summed E-state index contributed by atoms with van der Waals surface area (Å²) in [6.07, 6.45) is 4.43. The monoisotopic (exact) mass is 353 g/mol. The third kappa shape index (κ3) is 2.85. The van der Waals surface area contributed by atoms with Gasteiger partial charge in [0.2, 0.25) is 12.2 Å². The molecule has 0 aliphatic rings. The predicted molar refractivity (Wildman–Crippen MR) is 92.6 cm³/mol. The van der Waals surface area contributed by atoms with Crippen LogP contribution in [0.4, 0.5) is 5.69 Å². The lowest BCUT2D eigenvalue weighted by Crippen LogP contribution is -2.15. The van der Waals surface area contributed by atoms with Gasteiger partial charge in [-0.25, -0.2) is 4.98 Å². The van der Waals surface area contributed by atoms with Gasteiger partial charge in [-0.3, -0.25) is 9.20 Å². The zero-order valence-corrected chi connectivity index (χ0v) is 13.9. The molecule has 1 N–H and O–H groups in total. The average Bonchev–Trinajstić information content (AvgIpc) is 3.26. The molecular weight excluding hydrogens is 342 g/mol. The molecule has 3 heterocycles. The van der Waals surface area contributed by atoms with Gasteiger partial charge in [0.05, 0.1) is 11.2 Å². The summed E-state index contributed by atoms with van der Waals surface area (Å²) in [6.45, 7) is 1.90. The van der Waals surface area contributed by atoms with E-state index >= 15 is 0 Å². The van der Waals surface area contributed by atoms with E-state index in [9.17, 15) is 4.79 Å². The summed E-state index contributed by atoms with van der Waals surface area (Å²) in [4.78, 5) is 20.9. The predicted octanol–water partition coefficient (Wildman–Crippen LogP) is 3.60. The molecule has 7 nitrogen and oxygen atoms in total. The van der Waals surface area contributed by atoms with Gasteiger partial charge in [-0.05, 0) is 30.7 Å². The van der Waals surface area contributed by atoms with Crippen molar-refractivity contribution in [3.05, 3.63) is 65.4 Å². The van der Waals surface area contributed by atoms with Gasteiger partial charge in [-0.1, -0.05) is 28.9 Å². The van der Waals surface area contributed by atoms with Gasteiger partial charge >= 0.3 is 0 Å². The first-order valence-corrected chi connectivity index (χ1v) is 7.81. The van der Waals surface area contributed by atoms with Crippen LogP contribution in [0.2, 0.25) is 5.02 Å². The number of rotatable bonds is 3. The van der Waals surface area contributed by atoms with Crippen molar-refractivity contribution in [2.45, 2.75) is 6.92 Å². The molecule has 1 amide bonds. The van der Waals surface area contributed by atoms with Crippen molar-refractivity contribution in [2.75, 3.05) is 5.32 Å². The van der Waals surface area contributed by atoms with E-state index in [1.54, 1.807) is 28.8 Å². The molecule has 0 fully saturated rings. The average molecular weight is 354 g/mol. The largest absolute Gasteiger partial charge is 0.342 e. The maximum absolute atomic E-state index is 12.7. The topological polar surface area (TPSA) is 85.3 Å². The second-order valence-electron chi connectivity index (χ2n) is 5.46. The van der Waals surface area contributed by atoms with Crippen LogP contribution in [0.1, 0.15) is 16.1 Å². The van der Waals surface area contributed by atoms with Crippen molar-refractivity contribution in [1.82, 2.24) is 19.5 Å². The Labute approximate surface area is 147 Å². The normalized spacial score (nSPS) is 11.0. The smallest absolute Gasteiger partial charge is 0.274 e. The van der Waals surface area contributed by atoms with Gasteiger partial charge in [0.25, 0.3) is 5.91 Å². The summed E-state index contributed by atoms with van der Waals surface area (Å²) in [6, 6.07) is 9.02. The summed E-state index contributed by atoms with van der Waals surface area (Å²) in [5, 5.41) is 7.23. The Morgan fingerprint density at radius 3 is 2.92 bits per heavy atom. The van der Waals surface area contributed by atoms with Crippen LogP contribution in [0, 0.1) is 6.92 Å². The van der Waals surface area contributed by atoms with Crippen molar-refractivity contribution >= 4 is 28.8 Å². The van der Waals surface area contributed by atoms with Crippen LogP contribution in [0.3, 0.4) is 0 Å². The van der Waals surface area contributed by atoms with Crippen molar-refractivity contribution in [3.8, 4) is 11.4 Å². The van der Waals surface area contributed by atoms with Crippen molar-refractivity contribution < 1.29 is 9.32 Å². The standard InChI is InChI=1S/C17H12ClN5O2/c1-10-2-3-11(16-20-9-25-22-16)6-13(10)21-17(24)14-7-19-15-5-4-12(18)8-23(14)15/h2-9H,1H3,(H,21,24). The third-order valence-electron chi connectivity index (χ3n) is 3.81. The fraction of sp³-hybridized carbons (Fsp3) is 0.0588. The van der Waals surface area contributed by atoms with Gasteiger partial charge in [-0.2, -0.15) is 4.98 Å². The minimum Gasteiger partial charge on any atom is -0.342 e. The molecule has 0 atom stereocenters. The highest BCUT2D eigenvalue weighted by Crippen LogP contribution is 2.24. The quantitative estimate of drug-likeness (QED) is 0.608. The van der Waals surface area contributed by atoms with Crippen LogP contribution in [0.25, 0.3) is 17.0 Å². The van der Waals surface area contributed by atoms with E-state index in [-0.39, 0.29) is 5.91 Å². The molecular formula is C17H12ClN5O2. The zero-order valence-electron chi connectivity index (χ0n) is 13.1. The first-order valence-electron chi connectivity index (χ1n) is 7.43. The minimum atomic E-state index is -0.289. The minimum absolute atomic E-state index is 0.289. The lowest BCUT2D eigenvalue weighted by atomic mass is 10.1. The first-order chi connectivity index (χ1) is 12.1. The Morgan fingerprint density at radius 1 is 1.24 bits per heavy atom. The van der Waals surface area contributed by atoms with E-state index in [1.165, 1.54) is 12.6 Å². The Morgan fingerprint density at radius 2 is 2.12 bits per heavy atom. The lowest BCUT2D eigenvalue weighted by Gasteiger charge is -2.09. The van der Waals surface area contributed by atoms with Gasteiger partial charge in [0.1, 0.15) is 11.3 Å². The molecule has 0 bridgehead atoms. The summed E-state index contributed by atoms with van der Waals surface area (Å²) < 4.78 is 6.41. The number of aryl methyl sites for hydroxylation is 1. The number of carbonyl (C=O) groups excluding carboxylic acids is 1. The van der Waals surface area contributed by atoms with E-state index in [4.69, 9.17) is 16.1 Å². The zero-order chi connectivity index (χ0) is 17.4. The number of carbonyl (C=O) groups is 1. The Balaban J connectivity index is 1.68. The fourth-order valence-electron chi connectivity index (χ4n) is 2.50. The van der Waals surface area contributed by atoms with Crippen LogP contribution in [0.5, 0.6) is 0 Å². The number of hydrogen-bond acceptors (Lipinski definition) is 5. The van der Waals surface area contributed by atoms with E-state index in [0.29, 0.717) is 27.9 Å². The highest BCUT2D eigenvalue weighted by Gasteiger charge is 2.14. The molecule has 0 saturated carbocycles. The molecule has 0 aliphatic carbocycles. The number of benzene rings is 1. The molecule has 124 valence electrons. The molecule has 0 aliphatic heterocycles. The van der Waals surface area contributed by atoms with Crippen LogP contribution in [0.15, 0.2) is 53.6 Å². The van der Waals surface area contributed by atoms with Crippen LogP contribution < -0.4 is 5.32 Å². The molecule has 25 heavy (non-hydrogen) atoms. The van der Waals surface area contributed by atoms with Crippen LogP contribution in [-0.4, -0.2) is 25.4 Å². The number of pyridine rings is 1. The molecule has 0 spiro atoms. The number of nitrogens with zero attached hydrogens (tertiary/aromatic N) is 4. The summed E-state index contributed by atoms with van der Waals surface area (Å²) >= 11 is 6.01. The van der Waals surface area contributed by atoms with Crippen molar-refractivity contribution in [2.24, 2.45) is 0 Å². The van der Waals surface area contributed by atoms with Gasteiger partial charge in [0, 0.05) is 17.4 Å². The SMILES string of the molecule is Cc1ccc(-c2ncon2)cc1NC(=O)c1cnc2ccc(Cl)cn12. The summed E-state index contributed by atoms with van der Waals surface area (Å²) in [5.74, 6) is 0.167. The Kier molecular flexibility index (Phi) is 3.70. The number of imidazole rings is 1. The summed E-state index contributed by atoms with van der Waals surface area (Å²) in [7, 11) is 0. The number of nitrogens with one attached hydrogen (secondary N) is 1. The molecule has 0 saturated heterocycles. The Bertz CT molecular complexity index is 1070. The highest BCUT2D eigenvalue weighted by atomic mass is 35.5. The number of hydrogen-bond donors (Lipinski definition) is 1. The number of aromatic nitrogens is 4. The van der Waals surface area contributed by atoms with Gasteiger partial charge < -0.3 is 9.84 Å². The van der Waals surface area contributed by atoms with E-state index in [1.807, 2.05) is 19.1 Å². The van der Waals surface area contributed by atoms with Gasteiger partial charge in [-0.15, -0.1) is 0 Å². The van der Waals surface area contributed by atoms with Crippen molar-refractivity contribution in [1.29, 1.82) is 0 Å². The lowest BCUT2D eigenvalue weighted by molar-refractivity contribution is 0.102. The molecule has 8 heteroatoms. The number of amides is 1. The third-order valence-corrected chi connectivity index (χ3v) is 4.03. The molecule has 0 unspecified atom stereocenters. The Hall–Kier alpha value is -3.19. The molecule has 0 radical (unpaired) electrons. The van der Waals surface area contributed by atoms with Gasteiger partial charge in [0.15, 0.2) is 0 Å². The van der Waals surface area contributed by atoms with E-state index in [2.05, 4.69) is 20.4 Å². The fourth-order valence-corrected chi connectivity index (χ4v) is 2.66. The molecule has 3 aromatic heterocycles. The summed E-state index contributed by atoms with van der Waals surface area (Å²) in [5.41, 5.74) is 3.35. The van der Waals surface area contributed by atoms with Crippen molar-refractivity contribution in [3.63, 3.8) is 0 Å². The number of anilines is 1. The van der Waals surface area contributed by atoms with E-state index < -0.39 is 0 Å². The van der Waals surface area contributed by atoms with Crippen LogP contribution >= 0.6 is 11.6 Å². The second-order valence-corrected chi connectivity index (χ2v) is 5.89. The second kappa shape index (κ2) is 6.03. The molecule has 4 aromatic rings. The first kappa shape index (κ1) is 15.3.